The summed E-state index contributed by atoms with van der Waals surface area (Å²) in [4.78, 5) is 2.63. The first kappa shape index (κ1) is 14.3. The summed E-state index contributed by atoms with van der Waals surface area (Å²) in [5.41, 5.74) is 6.47. The molecule has 0 unspecified atom stereocenters. The van der Waals surface area contributed by atoms with Crippen LogP contribution in [-0.4, -0.2) is 31.1 Å². The van der Waals surface area contributed by atoms with Crippen molar-refractivity contribution in [1.29, 1.82) is 0 Å². The lowest BCUT2D eigenvalue weighted by Gasteiger charge is -2.43. The lowest BCUT2D eigenvalue weighted by molar-refractivity contribution is 0.0890. The Bertz CT molecular complexity index is 234. The molecule has 0 radical (unpaired) electrons. The van der Waals surface area contributed by atoms with Crippen LogP contribution in [0.25, 0.3) is 0 Å². The van der Waals surface area contributed by atoms with E-state index in [1.807, 2.05) is 0 Å². The Morgan fingerprint density at radius 2 is 1.83 bits per heavy atom. The summed E-state index contributed by atoms with van der Waals surface area (Å²) in [5, 5.41) is 0. The molecule has 2 heteroatoms. The van der Waals surface area contributed by atoms with E-state index >= 15 is 0 Å². The first-order valence-electron chi connectivity index (χ1n) is 8.09. The van der Waals surface area contributed by atoms with Gasteiger partial charge in [0.25, 0.3) is 0 Å². The van der Waals surface area contributed by atoms with Crippen molar-refractivity contribution in [2.75, 3.05) is 20.1 Å². The van der Waals surface area contributed by atoms with Crippen LogP contribution in [0.15, 0.2) is 0 Å². The molecular formula is C16H32N2. The molecule has 106 valence electrons. The van der Waals surface area contributed by atoms with Crippen LogP contribution in [0.5, 0.6) is 0 Å². The minimum atomic E-state index is 0.523. The number of nitrogens with two attached hydrogens (primary N) is 1. The van der Waals surface area contributed by atoms with E-state index in [4.69, 9.17) is 5.73 Å². The fraction of sp³-hybridized carbons (Fsp3) is 1.00. The van der Waals surface area contributed by atoms with Crippen molar-refractivity contribution >= 4 is 0 Å². The Hall–Kier alpha value is -0.0800. The molecule has 0 aromatic carbocycles. The predicted octanol–water partition coefficient (Wildman–Crippen LogP) is 3.41. The highest BCUT2D eigenvalue weighted by molar-refractivity contribution is 4.89. The highest BCUT2D eigenvalue weighted by Gasteiger charge is 2.35. The third-order valence-electron chi connectivity index (χ3n) is 5.86. The van der Waals surface area contributed by atoms with E-state index in [1.54, 1.807) is 0 Å². The van der Waals surface area contributed by atoms with Gasteiger partial charge in [0.2, 0.25) is 0 Å². The van der Waals surface area contributed by atoms with E-state index < -0.39 is 0 Å². The molecule has 2 N–H and O–H groups in total. The molecule has 0 saturated heterocycles. The number of nitrogens with zero attached hydrogens (tertiary/aromatic N) is 1. The second kappa shape index (κ2) is 6.38. The lowest BCUT2D eigenvalue weighted by atomic mass is 9.66. The maximum absolute atomic E-state index is 5.95. The average molecular weight is 252 g/mol. The first-order valence-corrected chi connectivity index (χ1v) is 8.09. The van der Waals surface area contributed by atoms with Gasteiger partial charge in [-0.15, -0.1) is 0 Å². The fourth-order valence-electron chi connectivity index (χ4n) is 3.82. The van der Waals surface area contributed by atoms with Gasteiger partial charge in [0.1, 0.15) is 0 Å². The standard InChI is InChI=1S/C16H32N2/c1-3-14-5-7-15(8-6-14)18(2)12-11-16(13-17)9-4-10-16/h14-15H,3-13,17H2,1-2H3. The maximum Gasteiger partial charge on any atom is 0.00924 e. The van der Waals surface area contributed by atoms with Crippen LogP contribution in [0.4, 0.5) is 0 Å². The molecule has 2 fully saturated rings. The van der Waals surface area contributed by atoms with Crippen molar-refractivity contribution in [2.24, 2.45) is 17.1 Å². The van der Waals surface area contributed by atoms with E-state index in [2.05, 4.69) is 18.9 Å². The lowest BCUT2D eigenvalue weighted by Crippen LogP contribution is -2.42. The highest BCUT2D eigenvalue weighted by Crippen LogP contribution is 2.43. The minimum Gasteiger partial charge on any atom is -0.330 e. The SMILES string of the molecule is CCC1CCC(N(C)CCC2(CN)CCC2)CC1. The van der Waals surface area contributed by atoms with Crippen LogP contribution in [0.3, 0.4) is 0 Å². The van der Waals surface area contributed by atoms with Crippen molar-refractivity contribution in [3.8, 4) is 0 Å². The van der Waals surface area contributed by atoms with Crippen molar-refractivity contribution in [3.63, 3.8) is 0 Å². The maximum atomic E-state index is 5.95. The topological polar surface area (TPSA) is 29.3 Å². The molecular weight excluding hydrogens is 220 g/mol. The number of hydrogen-bond acceptors (Lipinski definition) is 2. The zero-order chi connectivity index (χ0) is 13.0. The average Bonchev–Trinajstić information content (AvgIpc) is 2.38. The molecule has 2 aliphatic carbocycles. The van der Waals surface area contributed by atoms with Gasteiger partial charge < -0.3 is 10.6 Å². The van der Waals surface area contributed by atoms with Gasteiger partial charge in [-0.25, -0.2) is 0 Å². The van der Waals surface area contributed by atoms with Crippen molar-refractivity contribution in [1.82, 2.24) is 4.90 Å². The summed E-state index contributed by atoms with van der Waals surface area (Å²) in [5.74, 6) is 1.01. The normalized spacial score (nSPS) is 31.3. The molecule has 2 nitrogen and oxygen atoms in total. The minimum absolute atomic E-state index is 0.523. The second-order valence-electron chi connectivity index (χ2n) is 6.87. The first-order chi connectivity index (χ1) is 8.69. The third-order valence-corrected chi connectivity index (χ3v) is 5.86. The van der Waals surface area contributed by atoms with E-state index in [9.17, 15) is 0 Å². The van der Waals surface area contributed by atoms with E-state index in [-0.39, 0.29) is 0 Å². The van der Waals surface area contributed by atoms with Crippen LogP contribution >= 0.6 is 0 Å². The van der Waals surface area contributed by atoms with Crippen LogP contribution in [0.2, 0.25) is 0 Å². The molecule has 0 aromatic heterocycles. The smallest absolute Gasteiger partial charge is 0.00924 e. The molecule has 18 heavy (non-hydrogen) atoms. The van der Waals surface area contributed by atoms with Crippen LogP contribution in [0.1, 0.15) is 64.7 Å². The van der Waals surface area contributed by atoms with Gasteiger partial charge in [-0.3, -0.25) is 0 Å². The molecule has 0 aromatic rings. The molecule has 2 saturated carbocycles. The number of rotatable bonds is 6. The summed E-state index contributed by atoms with van der Waals surface area (Å²) in [6.45, 7) is 4.51. The zero-order valence-corrected chi connectivity index (χ0v) is 12.5. The monoisotopic (exact) mass is 252 g/mol. The summed E-state index contributed by atoms with van der Waals surface area (Å²) in [6, 6.07) is 0.850. The molecule has 0 bridgehead atoms. The van der Waals surface area contributed by atoms with Crippen molar-refractivity contribution in [3.05, 3.63) is 0 Å². The van der Waals surface area contributed by atoms with Gasteiger partial charge in [0, 0.05) is 6.04 Å². The second-order valence-corrected chi connectivity index (χ2v) is 6.87. The Kier molecular flexibility index (Phi) is 5.08. The molecule has 0 atom stereocenters. The van der Waals surface area contributed by atoms with Gasteiger partial charge in [-0.05, 0) is 76.4 Å². The molecule has 0 aliphatic heterocycles. The van der Waals surface area contributed by atoms with Gasteiger partial charge in [0.05, 0.1) is 0 Å². The molecule has 2 rings (SSSR count). The van der Waals surface area contributed by atoms with Gasteiger partial charge in [0.15, 0.2) is 0 Å². The molecule has 0 spiro atoms. The zero-order valence-electron chi connectivity index (χ0n) is 12.5. The van der Waals surface area contributed by atoms with Crippen molar-refractivity contribution < 1.29 is 0 Å². The Labute approximate surface area is 113 Å². The Morgan fingerprint density at radius 3 is 2.28 bits per heavy atom. The van der Waals surface area contributed by atoms with E-state index in [0.29, 0.717) is 5.41 Å². The largest absolute Gasteiger partial charge is 0.330 e. The number of hydrogen-bond donors (Lipinski definition) is 1. The van der Waals surface area contributed by atoms with Crippen LogP contribution in [0, 0.1) is 11.3 Å². The van der Waals surface area contributed by atoms with Crippen molar-refractivity contribution in [2.45, 2.75) is 70.8 Å². The summed E-state index contributed by atoms with van der Waals surface area (Å²) < 4.78 is 0. The van der Waals surface area contributed by atoms with Gasteiger partial charge >= 0.3 is 0 Å². The van der Waals surface area contributed by atoms with Gasteiger partial charge in [-0.2, -0.15) is 0 Å². The summed E-state index contributed by atoms with van der Waals surface area (Å²) in [7, 11) is 2.33. The van der Waals surface area contributed by atoms with Crippen LogP contribution in [-0.2, 0) is 0 Å². The molecule has 2 aliphatic rings. The molecule has 0 heterocycles. The van der Waals surface area contributed by atoms with E-state index in [0.717, 1.165) is 18.5 Å². The third kappa shape index (κ3) is 3.27. The van der Waals surface area contributed by atoms with Gasteiger partial charge in [-0.1, -0.05) is 19.8 Å². The summed E-state index contributed by atoms with van der Waals surface area (Å²) >= 11 is 0. The molecule has 0 amide bonds. The quantitative estimate of drug-likeness (QED) is 0.785. The Balaban J connectivity index is 1.70. The highest BCUT2D eigenvalue weighted by atomic mass is 15.1. The van der Waals surface area contributed by atoms with E-state index in [1.165, 1.54) is 64.3 Å². The fourth-order valence-corrected chi connectivity index (χ4v) is 3.82. The Morgan fingerprint density at radius 1 is 1.17 bits per heavy atom. The summed E-state index contributed by atoms with van der Waals surface area (Å²) in [6.07, 6.45) is 12.6. The van der Waals surface area contributed by atoms with Crippen LogP contribution < -0.4 is 5.73 Å². The predicted molar refractivity (Wildman–Crippen MR) is 78.6 cm³/mol.